The molecule has 120 valence electrons. The second-order valence-electron chi connectivity index (χ2n) is 6.36. The zero-order chi connectivity index (χ0) is 15.8. The number of hydrogen-bond donors (Lipinski definition) is 1. The Balaban J connectivity index is 1.61. The molecule has 6 nitrogen and oxygen atoms in total. The highest BCUT2D eigenvalue weighted by Gasteiger charge is 2.32. The number of rotatable bonds is 3. The fraction of sp³-hybridized carbons (Fsp3) is 0.471. The fourth-order valence-electron chi connectivity index (χ4n) is 3.31. The molecule has 6 heteroatoms. The van der Waals surface area contributed by atoms with Crippen molar-refractivity contribution in [3.05, 3.63) is 47.5 Å². The average molecular weight is 311 g/mol. The molecule has 4 rings (SSSR count). The Bertz CT molecular complexity index is 707. The molecule has 23 heavy (non-hydrogen) atoms. The highest BCUT2D eigenvalue weighted by molar-refractivity contribution is 5.93. The van der Waals surface area contributed by atoms with Gasteiger partial charge in [0, 0.05) is 50.7 Å². The molecule has 0 radical (unpaired) electrons. The van der Waals surface area contributed by atoms with Gasteiger partial charge in [-0.2, -0.15) is 5.10 Å². The van der Waals surface area contributed by atoms with Crippen molar-refractivity contribution < 1.29 is 4.79 Å². The first-order valence-electron chi connectivity index (χ1n) is 8.19. The summed E-state index contributed by atoms with van der Waals surface area (Å²) in [5, 5.41) is 7.83. The van der Waals surface area contributed by atoms with Crippen LogP contribution in [0.5, 0.6) is 0 Å². The Kier molecular flexibility index (Phi) is 3.61. The van der Waals surface area contributed by atoms with Crippen molar-refractivity contribution in [2.45, 2.75) is 24.8 Å². The van der Waals surface area contributed by atoms with E-state index < -0.39 is 0 Å². The summed E-state index contributed by atoms with van der Waals surface area (Å²) in [7, 11) is 1.93. The topological polar surface area (TPSA) is 63.1 Å². The number of amides is 1. The van der Waals surface area contributed by atoms with Gasteiger partial charge in [0.2, 0.25) is 0 Å². The van der Waals surface area contributed by atoms with E-state index in [1.54, 1.807) is 6.20 Å². The third kappa shape index (κ3) is 2.74. The molecule has 1 amide bonds. The van der Waals surface area contributed by atoms with Gasteiger partial charge in [0.15, 0.2) is 5.69 Å². The van der Waals surface area contributed by atoms with E-state index in [4.69, 9.17) is 0 Å². The Labute approximate surface area is 135 Å². The number of carbonyl (C=O) groups is 1. The molecule has 2 aliphatic rings. The lowest BCUT2D eigenvalue weighted by Gasteiger charge is -2.36. The van der Waals surface area contributed by atoms with Gasteiger partial charge >= 0.3 is 0 Å². The van der Waals surface area contributed by atoms with Gasteiger partial charge in [-0.05, 0) is 30.5 Å². The molecule has 3 heterocycles. The van der Waals surface area contributed by atoms with Gasteiger partial charge in [-0.3, -0.25) is 14.5 Å². The van der Waals surface area contributed by atoms with E-state index in [2.05, 4.69) is 15.4 Å². The first-order valence-corrected chi connectivity index (χ1v) is 8.19. The molecule has 1 unspecified atom stereocenters. The van der Waals surface area contributed by atoms with Gasteiger partial charge in [-0.15, -0.1) is 0 Å². The minimum absolute atomic E-state index is 0.0105. The summed E-state index contributed by atoms with van der Waals surface area (Å²) in [5.41, 5.74) is 2.80. The van der Waals surface area contributed by atoms with E-state index >= 15 is 0 Å². The predicted octanol–water partition coefficient (Wildman–Crippen LogP) is 1.48. The molecule has 1 saturated heterocycles. The van der Waals surface area contributed by atoms with Gasteiger partial charge in [0.1, 0.15) is 0 Å². The van der Waals surface area contributed by atoms with Crippen molar-refractivity contribution in [1.29, 1.82) is 0 Å². The van der Waals surface area contributed by atoms with Gasteiger partial charge in [0.25, 0.3) is 5.91 Å². The highest BCUT2D eigenvalue weighted by Crippen LogP contribution is 2.40. The first-order chi connectivity index (χ1) is 11.2. The molecular formula is C17H21N5O. The van der Waals surface area contributed by atoms with Crippen LogP contribution in [-0.2, 0) is 7.05 Å². The van der Waals surface area contributed by atoms with E-state index in [9.17, 15) is 4.79 Å². The molecule has 2 fully saturated rings. The fourth-order valence-corrected chi connectivity index (χ4v) is 3.31. The standard InChI is InChI=1S/C17H21N5O/c1-21-15(12-4-5-12)9-14(20-21)17(23)22-8-7-19-11-16(22)13-3-2-6-18-10-13/h2-3,6,9-10,12,16,19H,4-5,7-8,11H2,1H3. The molecule has 2 aromatic heterocycles. The average Bonchev–Trinajstić information content (AvgIpc) is 3.37. The largest absolute Gasteiger partial charge is 0.328 e. The molecule has 1 N–H and O–H groups in total. The van der Waals surface area contributed by atoms with Crippen molar-refractivity contribution >= 4 is 5.91 Å². The molecule has 0 spiro atoms. The van der Waals surface area contributed by atoms with Gasteiger partial charge in [0.05, 0.1) is 6.04 Å². The van der Waals surface area contributed by atoms with Gasteiger partial charge in [-0.1, -0.05) is 6.07 Å². The normalized spacial score (nSPS) is 21.4. The zero-order valence-electron chi connectivity index (χ0n) is 13.3. The van der Waals surface area contributed by atoms with Crippen LogP contribution < -0.4 is 5.32 Å². The van der Waals surface area contributed by atoms with Crippen LogP contribution in [0.3, 0.4) is 0 Å². The third-order valence-electron chi connectivity index (χ3n) is 4.70. The third-order valence-corrected chi connectivity index (χ3v) is 4.70. The van der Waals surface area contributed by atoms with E-state index in [0.717, 1.165) is 18.7 Å². The lowest BCUT2D eigenvalue weighted by Crippen LogP contribution is -2.48. The smallest absolute Gasteiger partial charge is 0.274 e. The summed E-state index contributed by atoms with van der Waals surface area (Å²) in [6.07, 6.45) is 6.01. The van der Waals surface area contributed by atoms with E-state index in [-0.39, 0.29) is 11.9 Å². The van der Waals surface area contributed by atoms with Gasteiger partial charge in [-0.25, -0.2) is 0 Å². The van der Waals surface area contributed by atoms with E-state index in [1.165, 1.54) is 18.5 Å². The summed E-state index contributed by atoms with van der Waals surface area (Å²) < 4.78 is 1.87. The zero-order valence-corrected chi connectivity index (χ0v) is 13.3. The summed E-state index contributed by atoms with van der Waals surface area (Å²) in [5.74, 6) is 0.606. The predicted molar refractivity (Wildman–Crippen MR) is 86.1 cm³/mol. The minimum Gasteiger partial charge on any atom is -0.328 e. The summed E-state index contributed by atoms with van der Waals surface area (Å²) in [4.78, 5) is 19.1. The number of hydrogen-bond acceptors (Lipinski definition) is 4. The van der Waals surface area contributed by atoms with Crippen LogP contribution in [0, 0.1) is 0 Å². The van der Waals surface area contributed by atoms with E-state index in [1.807, 2.05) is 41.0 Å². The van der Waals surface area contributed by atoms with Crippen molar-refractivity contribution in [2.75, 3.05) is 19.6 Å². The number of aryl methyl sites for hydroxylation is 1. The van der Waals surface area contributed by atoms with Crippen LogP contribution in [-0.4, -0.2) is 45.2 Å². The number of pyridine rings is 1. The monoisotopic (exact) mass is 311 g/mol. The summed E-state index contributed by atoms with van der Waals surface area (Å²) in [6, 6.07) is 5.93. The van der Waals surface area contributed by atoms with Crippen molar-refractivity contribution in [3.63, 3.8) is 0 Å². The van der Waals surface area contributed by atoms with Crippen LogP contribution in [0.15, 0.2) is 30.6 Å². The van der Waals surface area contributed by atoms with Crippen molar-refractivity contribution in [3.8, 4) is 0 Å². The second kappa shape index (κ2) is 5.77. The maximum atomic E-state index is 13.0. The molecule has 2 aromatic rings. The quantitative estimate of drug-likeness (QED) is 0.932. The lowest BCUT2D eigenvalue weighted by molar-refractivity contribution is 0.0627. The van der Waals surface area contributed by atoms with Crippen LogP contribution in [0.2, 0.25) is 0 Å². The molecule has 1 aliphatic heterocycles. The number of carbonyl (C=O) groups excluding carboxylic acids is 1. The van der Waals surface area contributed by atoms with Crippen molar-refractivity contribution in [1.82, 2.24) is 25.0 Å². The van der Waals surface area contributed by atoms with Crippen LogP contribution in [0.4, 0.5) is 0 Å². The Morgan fingerprint density at radius 2 is 2.26 bits per heavy atom. The maximum absolute atomic E-state index is 13.0. The van der Waals surface area contributed by atoms with E-state index in [0.29, 0.717) is 18.2 Å². The lowest BCUT2D eigenvalue weighted by atomic mass is 10.0. The highest BCUT2D eigenvalue weighted by atomic mass is 16.2. The molecular weight excluding hydrogens is 290 g/mol. The Morgan fingerprint density at radius 1 is 1.39 bits per heavy atom. The Morgan fingerprint density at radius 3 is 3.00 bits per heavy atom. The minimum atomic E-state index is 0.0105. The van der Waals surface area contributed by atoms with Crippen molar-refractivity contribution in [2.24, 2.45) is 7.05 Å². The number of nitrogens with one attached hydrogen (secondary N) is 1. The van der Waals surface area contributed by atoms with Crippen LogP contribution in [0.25, 0.3) is 0 Å². The number of nitrogens with zero attached hydrogens (tertiary/aromatic N) is 4. The maximum Gasteiger partial charge on any atom is 0.274 e. The van der Waals surface area contributed by atoms with Crippen LogP contribution in [0.1, 0.15) is 46.5 Å². The second-order valence-corrected chi connectivity index (χ2v) is 6.36. The summed E-state index contributed by atoms with van der Waals surface area (Å²) in [6.45, 7) is 2.25. The molecule has 0 bridgehead atoms. The summed E-state index contributed by atoms with van der Waals surface area (Å²) >= 11 is 0. The SMILES string of the molecule is Cn1nc(C(=O)N2CCNCC2c2cccnc2)cc1C1CC1. The Hall–Kier alpha value is -2.21. The molecule has 1 aliphatic carbocycles. The number of piperazine rings is 1. The first kappa shape index (κ1) is 14.4. The molecule has 1 saturated carbocycles. The molecule has 1 atom stereocenters. The van der Waals surface area contributed by atoms with Gasteiger partial charge < -0.3 is 10.2 Å². The van der Waals surface area contributed by atoms with Crippen LogP contribution >= 0.6 is 0 Å². The number of aromatic nitrogens is 3. The molecule has 0 aromatic carbocycles.